The van der Waals surface area contributed by atoms with E-state index in [9.17, 15) is 0 Å². The van der Waals surface area contributed by atoms with Crippen molar-refractivity contribution < 1.29 is 4.42 Å². The van der Waals surface area contributed by atoms with Crippen molar-refractivity contribution in [3.8, 4) is 5.82 Å². The molecule has 0 radical (unpaired) electrons. The van der Waals surface area contributed by atoms with Crippen molar-refractivity contribution >= 4 is 97.7 Å². The first-order valence-electron chi connectivity index (χ1n) is 15.7. The van der Waals surface area contributed by atoms with Crippen LogP contribution in [0, 0.1) is 0 Å². The van der Waals surface area contributed by atoms with Crippen LogP contribution in [0.1, 0.15) is 0 Å². The van der Waals surface area contributed by atoms with Gasteiger partial charge < -0.3 is 4.42 Å². The predicted octanol–water partition coefficient (Wildman–Crippen LogP) is 11.8. The topological polar surface area (TPSA) is 31.0 Å². The zero-order chi connectivity index (χ0) is 29.9. The molecule has 0 amide bonds. The SMILES string of the molecule is c1ccc2c(c1)oc1c3ccccc3c(-n3c4ccccc4c4c5c6ccccc6c6ccccc6c5c5ccccc5c43)nc21. The molecule has 0 bridgehead atoms. The highest BCUT2D eigenvalue weighted by molar-refractivity contribution is 6.42. The van der Waals surface area contributed by atoms with Gasteiger partial charge in [-0.25, -0.2) is 4.98 Å². The van der Waals surface area contributed by atoms with Crippen molar-refractivity contribution in [3.05, 3.63) is 146 Å². The van der Waals surface area contributed by atoms with Crippen LogP contribution in [0.15, 0.2) is 150 Å². The highest BCUT2D eigenvalue weighted by Crippen LogP contribution is 2.48. The molecule has 11 aromatic rings. The molecule has 46 heavy (non-hydrogen) atoms. The summed E-state index contributed by atoms with van der Waals surface area (Å²) >= 11 is 0. The lowest BCUT2D eigenvalue weighted by atomic mass is 9.88. The molecular weight excluding hydrogens is 560 g/mol. The molecule has 0 fully saturated rings. The van der Waals surface area contributed by atoms with E-state index >= 15 is 0 Å². The van der Waals surface area contributed by atoms with Gasteiger partial charge in [0.25, 0.3) is 0 Å². The second-order valence-electron chi connectivity index (χ2n) is 12.2. The average molecular weight is 585 g/mol. The van der Waals surface area contributed by atoms with E-state index in [-0.39, 0.29) is 0 Å². The molecule has 0 aliphatic heterocycles. The van der Waals surface area contributed by atoms with E-state index < -0.39 is 0 Å². The number of fused-ring (bicyclic) bond motifs is 18. The summed E-state index contributed by atoms with van der Waals surface area (Å²) < 4.78 is 8.87. The van der Waals surface area contributed by atoms with E-state index in [2.05, 4.69) is 138 Å². The van der Waals surface area contributed by atoms with E-state index in [1.807, 2.05) is 12.1 Å². The minimum atomic E-state index is 0.828. The maximum absolute atomic E-state index is 6.46. The van der Waals surface area contributed by atoms with Crippen LogP contribution in [-0.2, 0) is 0 Å². The van der Waals surface area contributed by atoms with E-state index in [4.69, 9.17) is 9.40 Å². The lowest BCUT2D eigenvalue weighted by Gasteiger charge is -2.16. The van der Waals surface area contributed by atoms with Gasteiger partial charge in [-0.15, -0.1) is 0 Å². The Kier molecular flexibility index (Phi) is 4.58. The number of furan rings is 1. The second kappa shape index (κ2) is 8.71. The number of hydrogen-bond acceptors (Lipinski definition) is 2. The highest BCUT2D eigenvalue weighted by atomic mass is 16.3. The third kappa shape index (κ3) is 2.95. The summed E-state index contributed by atoms with van der Waals surface area (Å²) in [5, 5.41) is 15.8. The van der Waals surface area contributed by atoms with Gasteiger partial charge in [0, 0.05) is 37.7 Å². The zero-order valence-corrected chi connectivity index (χ0v) is 24.7. The van der Waals surface area contributed by atoms with Crippen LogP contribution in [0.4, 0.5) is 0 Å². The Morgan fingerprint density at radius 2 is 0.891 bits per heavy atom. The molecule has 212 valence electrons. The van der Waals surface area contributed by atoms with Crippen LogP contribution in [0.25, 0.3) is 104 Å². The van der Waals surface area contributed by atoms with Gasteiger partial charge in [-0.2, -0.15) is 0 Å². The van der Waals surface area contributed by atoms with Crippen LogP contribution in [0.3, 0.4) is 0 Å². The smallest absolute Gasteiger partial charge is 0.161 e. The summed E-state index contributed by atoms with van der Waals surface area (Å²) in [6, 6.07) is 52.2. The maximum Gasteiger partial charge on any atom is 0.161 e. The molecule has 8 aromatic carbocycles. The summed E-state index contributed by atoms with van der Waals surface area (Å²) in [5.74, 6) is 0.912. The predicted molar refractivity (Wildman–Crippen MR) is 193 cm³/mol. The van der Waals surface area contributed by atoms with E-state index in [1.165, 1.54) is 59.4 Å². The van der Waals surface area contributed by atoms with Gasteiger partial charge in [0.15, 0.2) is 5.58 Å². The van der Waals surface area contributed by atoms with Gasteiger partial charge in [-0.05, 0) is 50.5 Å². The molecule has 0 aliphatic rings. The first-order valence-corrected chi connectivity index (χ1v) is 15.7. The first kappa shape index (κ1) is 24.2. The molecule has 0 unspecified atom stereocenters. The number of aromatic nitrogens is 2. The lowest BCUT2D eigenvalue weighted by molar-refractivity contribution is 0.672. The van der Waals surface area contributed by atoms with Crippen LogP contribution < -0.4 is 0 Å². The molecule has 0 aliphatic carbocycles. The molecule has 3 nitrogen and oxygen atoms in total. The Morgan fingerprint density at radius 1 is 0.391 bits per heavy atom. The summed E-state index contributed by atoms with van der Waals surface area (Å²) in [4.78, 5) is 5.50. The molecule has 3 aromatic heterocycles. The van der Waals surface area contributed by atoms with Crippen LogP contribution in [0.5, 0.6) is 0 Å². The average Bonchev–Trinajstić information content (AvgIpc) is 3.67. The number of benzene rings is 8. The fourth-order valence-corrected chi connectivity index (χ4v) is 8.09. The summed E-state index contributed by atoms with van der Waals surface area (Å²) in [6.45, 7) is 0. The summed E-state index contributed by atoms with van der Waals surface area (Å²) in [5.41, 5.74) is 4.88. The van der Waals surface area contributed by atoms with Crippen LogP contribution in [0.2, 0.25) is 0 Å². The van der Waals surface area contributed by atoms with Gasteiger partial charge in [0.2, 0.25) is 0 Å². The van der Waals surface area contributed by atoms with Gasteiger partial charge in [-0.1, -0.05) is 127 Å². The Labute approximate surface area is 262 Å². The van der Waals surface area contributed by atoms with Gasteiger partial charge in [-0.3, -0.25) is 4.57 Å². The molecule has 0 atom stereocenters. The van der Waals surface area contributed by atoms with Crippen molar-refractivity contribution in [2.24, 2.45) is 0 Å². The third-order valence-electron chi connectivity index (χ3n) is 9.92. The highest BCUT2D eigenvalue weighted by Gasteiger charge is 2.24. The molecule has 3 heteroatoms. The number of pyridine rings is 1. The fraction of sp³-hybridized carbons (Fsp3) is 0. The standard InChI is InChI=1S/C43H24N2O/c1-3-15-27-25(13-1)26-14-2-4-16-28(26)38-37(27)29-17-5-6-18-30(29)41-39(38)33-21-9-11-23-35(33)45(41)43-32-20-8-7-19-31(32)42-40(44-43)34-22-10-12-24-36(34)46-42/h1-24H. The molecule has 0 spiro atoms. The number of nitrogens with zero attached hydrogens (tertiary/aromatic N) is 2. The van der Waals surface area contributed by atoms with Crippen molar-refractivity contribution in [1.82, 2.24) is 9.55 Å². The quantitative estimate of drug-likeness (QED) is 0.180. The van der Waals surface area contributed by atoms with E-state index in [0.717, 1.165) is 44.2 Å². The number of rotatable bonds is 1. The number of hydrogen-bond donors (Lipinski definition) is 0. The maximum atomic E-state index is 6.46. The Balaban J connectivity index is 1.47. The monoisotopic (exact) mass is 584 g/mol. The first-order chi connectivity index (χ1) is 22.9. The molecular formula is C43H24N2O. The Hall–Kier alpha value is -6.19. The molecule has 0 saturated carbocycles. The Bertz CT molecular complexity index is 3090. The summed E-state index contributed by atoms with van der Waals surface area (Å²) in [7, 11) is 0. The Morgan fingerprint density at radius 3 is 1.61 bits per heavy atom. The normalized spacial score (nSPS) is 12.3. The zero-order valence-electron chi connectivity index (χ0n) is 24.7. The van der Waals surface area contributed by atoms with Gasteiger partial charge in [0.1, 0.15) is 16.9 Å². The van der Waals surface area contributed by atoms with Gasteiger partial charge in [0.05, 0.1) is 11.0 Å². The second-order valence-corrected chi connectivity index (χ2v) is 12.2. The van der Waals surface area contributed by atoms with Gasteiger partial charge >= 0.3 is 0 Å². The number of para-hydroxylation sites is 2. The minimum Gasteiger partial charge on any atom is -0.454 e. The van der Waals surface area contributed by atoms with E-state index in [0.29, 0.717) is 0 Å². The fourth-order valence-electron chi connectivity index (χ4n) is 8.09. The van der Waals surface area contributed by atoms with E-state index in [1.54, 1.807) is 0 Å². The molecule has 3 heterocycles. The van der Waals surface area contributed by atoms with Crippen molar-refractivity contribution in [3.63, 3.8) is 0 Å². The lowest BCUT2D eigenvalue weighted by Crippen LogP contribution is -2.00. The van der Waals surface area contributed by atoms with Crippen molar-refractivity contribution in [2.75, 3.05) is 0 Å². The molecule has 11 rings (SSSR count). The molecule has 0 saturated heterocycles. The van der Waals surface area contributed by atoms with Crippen LogP contribution in [-0.4, -0.2) is 9.55 Å². The third-order valence-corrected chi connectivity index (χ3v) is 9.92. The molecule has 0 N–H and O–H groups in total. The summed E-state index contributed by atoms with van der Waals surface area (Å²) in [6.07, 6.45) is 0. The van der Waals surface area contributed by atoms with Crippen molar-refractivity contribution in [2.45, 2.75) is 0 Å². The van der Waals surface area contributed by atoms with Crippen molar-refractivity contribution in [1.29, 1.82) is 0 Å². The largest absolute Gasteiger partial charge is 0.454 e. The van der Waals surface area contributed by atoms with Crippen LogP contribution >= 0.6 is 0 Å². The minimum absolute atomic E-state index is 0.828.